The summed E-state index contributed by atoms with van der Waals surface area (Å²) >= 11 is 0. The van der Waals surface area contributed by atoms with Gasteiger partial charge in [-0.15, -0.1) is 0 Å². The normalized spacial score (nSPS) is 19.2. The number of carboxylic acid groups (broad SMARTS) is 2. The van der Waals surface area contributed by atoms with Crippen LogP contribution in [0, 0.1) is 5.82 Å². The van der Waals surface area contributed by atoms with Crippen molar-refractivity contribution in [2.75, 3.05) is 11.4 Å². The Kier molecular flexibility index (Phi) is 3.75. The Balaban J connectivity index is 1.99. The topological polar surface area (TPSA) is 77.8 Å². The number of anilines is 1. The van der Waals surface area contributed by atoms with Gasteiger partial charge in [0.05, 0.1) is 5.69 Å². The monoisotopic (exact) mass is 329 g/mol. The van der Waals surface area contributed by atoms with Gasteiger partial charge >= 0.3 is 12.1 Å². The van der Waals surface area contributed by atoms with Crippen LogP contribution in [0.1, 0.15) is 23.6 Å². The summed E-state index contributed by atoms with van der Waals surface area (Å²) < 4.78 is 13.0. The number of aliphatic carboxylic acids is 1. The maximum atomic E-state index is 13.0. The van der Waals surface area contributed by atoms with Crippen LogP contribution in [-0.2, 0) is 16.6 Å². The second-order valence-electron chi connectivity index (χ2n) is 6.16. The molecule has 0 fully saturated rings. The number of carbonyl (C=O) groups is 2. The van der Waals surface area contributed by atoms with Gasteiger partial charge in [-0.05, 0) is 48.2 Å². The highest BCUT2D eigenvalue weighted by atomic mass is 19.1. The standard InChI is InChI=1S/C18H16FNO4/c1-18(16(21)22)10-20(17(23)24)15-9-12(4-7-14(15)18)8-11-2-5-13(19)6-3-11/h2-7,9H,8,10H2,1H3,(H,21,22)(H,23,24)/t18-/m0/s1. The van der Waals surface area contributed by atoms with Crippen molar-refractivity contribution in [3.8, 4) is 0 Å². The summed E-state index contributed by atoms with van der Waals surface area (Å²) in [6.07, 6.45) is -0.676. The van der Waals surface area contributed by atoms with Gasteiger partial charge in [0.1, 0.15) is 11.2 Å². The molecule has 0 spiro atoms. The first-order chi connectivity index (χ1) is 11.3. The highest BCUT2D eigenvalue weighted by Crippen LogP contribution is 2.41. The van der Waals surface area contributed by atoms with E-state index in [4.69, 9.17) is 0 Å². The molecule has 1 heterocycles. The number of hydrogen-bond donors (Lipinski definition) is 2. The minimum atomic E-state index is -1.26. The van der Waals surface area contributed by atoms with E-state index in [1.807, 2.05) is 0 Å². The summed E-state index contributed by atoms with van der Waals surface area (Å²) in [6.45, 7) is 1.41. The number of nitrogens with zero attached hydrogens (tertiary/aromatic N) is 1. The minimum Gasteiger partial charge on any atom is -0.481 e. The van der Waals surface area contributed by atoms with Gasteiger partial charge in [0.2, 0.25) is 0 Å². The average molecular weight is 329 g/mol. The maximum absolute atomic E-state index is 13.0. The number of halogens is 1. The molecule has 3 rings (SSSR count). The van der Waals surface area contributed by atoms with E-state index in [2.05, 4.69) is 0 Å². The molecule has 0 saturated heterocycles. The molecule has 6 heteroatoms. The fourth-order valence-electron chi connectivity index (χ4n) is 3.06. The predicted octanol–water partition coefficient (Wildman–Crippen LogP) is 3.26. The van der Waals surface area contributed by atoms with Crippen molar-refractivity contribution in [3.63, 3.8) is 0 Å². The number of benzene rings is 2. The molecule has 5 nitrogen and oxygen atoms in total. The van der Waals surface area contributed by atoms with Gasteiger partial charge in [-0.1, -0.05) is 24.3 Å². The first kappa shape index (κ1) is 16.0. The fourth-order valence-corrected chi connectivity index (χ4v) is 3.06. The third-order valence-electron chi connectivity index (χ3n) is 4.45. The molecular weight excluding hydrogens is 313 g/mol. The van der Waals surface area contributed by atoms with E-state index in [9.17, 15) is 24.2 Å². The van der Waals surface area contributed by atoms with Crippen molar-refractivity contribution >= 4 is 17.7 Å². The minimum absolute atomic E-state index is 0.118. The number of amides is 1. The van der Waals surface area contributed by atoms with Crippen LogP contribution in [0.15, 0.2) is 42.5 Å². The van der Waals surface area contributed by atoms with Crippen molar-refractivity contribution in [1.29, 1.82) is 0 Å². The first-order valence-electron chi connectivity index (χ1n) is 7.43. The SMILES string of the molecule is C[C@]1(C(=O)O)CN(C(=O)O)c2cc(Cc3ccc(F)cc3)ccc21. The fraction of sp³-hybridized carbons (Fsp3) is 0.222. The number of hydrogen-bond acceptors (Lipinski definition) is 2. The number of fused-ring (bicyclic) bond motifs is 1. The molecule has 124 valence electrons. The lowest BCUT2D eigenvalue weighted by Gasteiger charge is -2.19. The van der Waals surface area contributed by atoms with Crippen LogP contribution < -0.4 is 4.90 Å². The molecule has 24 heavy (non-hydrogen) atoms. The molecule has 0 bridgehead atoms. The summed E-state index contributed by atoms with van der Waals surface area (Å²) in [5.41, 5.74) is 1.34. The molecule has 2 aromatic rings. The van der Waals surface area contributed by atoms with Crippen molar-refractivity contribution in [3.05, 3.63) is 65.0 Å². The van der Waals surface area contributed by atoms with Crippen LogP contribution in [-0.4, -0.2) is 28.8 Å². The van der Waals surface area contributed by atoms with Gasteiger partial charge < -0.3 is 10.2 Å². The Morgan fingerprint density at radius 1 is 1.12 bits per heavy atom. The van der Waals surface area contributed by atoms with E-state index in [1.165, 1.54) is 19.1 Å². The third-order valence-corrected chi connectivity index (χ3v) is 4.45. The van der Waals surface area contributed by atoms with E-state index in [-0.39, 0.29) is 12.4 Å². The van der Waals surface area contributed by atoms with Crippen LogP contribution in [0.25, 0.3) is 0 Å². The van der Waals surface area contributed by atoms with Crippen molar-refractivity contribution in [2.24, 2.45) is 0 Å². The van der Waals surface area contributed by atoms with E-state index >= 15 is 0 Å². The molecule has 2 N–H and O–H groups in total. The van der Waals surface area contributed by atoms with Crippen molar-refractivity contribution in [2.45, 2.75) is 18.8 Å². The van der Waals surface area contributed by atoms with Crippen LogP contribution in [0.2, 0.25) is 0 Å². The average Bonchev–Trinajstić information content (AvgIpc) is 2.84. The van der Waals surface area contributed by atoms with E-state index in [1.54, 1.807) is 30.3 Å². The molecule has 1 atom stereocenters. The summed E-state index contributed by atoms with van der Waals surface area (Å²) in [4.78, 5) is 24.1. The van der Waals surface area contributed by atoms with Crippen molar-refractivity contribution in [1.82, 2.24) is 0 Å². The Hall–Kier alpha value is -2.89. The van der Waals surface area contributed by atoms with E-state index < -0.39 is 17.5 Å². The summed E-state index contributed by atoms with van der Waals surface area (Å²) in [7, 11) is 0. The lowest BCUT2D eigenvalue weighted by molar-refractivity contribution is -0.142. The van der Waals surface area contributed by atoms with Gasteiger partial charge in [-0.3, -0.25) is 9.69 Å². The molecule has 1 amide bonds. The van der Waals surface area contributed by atoms with Gasteiger partial charge in [0.15, 0.2) is 0 Å². The molecule has 0 unspecified atom stereocenters. The number of carboxylic acids is 1. The second-order valence-corrected chi connectivity index (χ2v) is 6.16. The smallest absolute Gasteiger partial charge is 0.411 e. The zero-order chi connectivity index (χ0) is 17.5. The highest BCUT2D eigenvalue weighted by molar-refractivity contribution is 5.96. The molecule has 2 aromatic carbocycles. The lowest BCUT2D eigenvalue weighted by Crippen LogP contribution is -2.39. The summed E-state index contributed by atoms with van der Waals surface area (Å²) in [6, 6.07) is 11.2. The van der Waals surface area contributed by atoms with Gasteiger partial charge in [0.25, 0.3) is 0 Å². The zero-order valence-corrected chi connectivity index (χ0v) is 13.0. The molecule has 1 aliphatic heterocycles. The van der Waals surface area contributed by atoms with E-state index in [0.29, 0.717) is 17.7 Å². The van der Waals surface area contributed by atoms with Crippen LogP contribution in [0.5, 0.6) is 0 Å². The maximum Gasteiger partial charge on any atom is 0.411 e. The third kappa shape index (κ3) is 2.60. The highest BCUT2D eigenvalue weighted by Gasteiger charge is 2.47. The largest absolute Gasteiger partial charge is 0.481 e. The lowest BCUT2D eigenvalue weighted by atomic mass is 9.84. The molecule has 0 aromatic heterocycles. The Morgan fingerprint density at radius 2 is 1.75 bits per heavy atom. The van der Waals surface area contributed by atoms with E-state index in [0.717, 1.165) is 16.0 Å². The Morgan fingerprint density at radius 3 is 2.33 bits per heavy atom. The Labute approximate surface area is 138 Å². The van der Waals surface area contributed by atoms with Crippen LogP contribution >= 0.6 is 0 Å². The first-order valence-corrected chi connectivity index (χ1v) is 7.43. The quantitative estimate of drug-likeness (QED) is 0.906. The molecule has 0 saturated carbocycles. The predicted molar refractivity (Wildman–Crippen MR) is 86.0 cm³/mol. The summed E-state index contributed by atoms with van der Waals surface area (Å²) in [5.74, 6) is -1.37. The van der Waals surface area contributed by atoms with Crippen molar-refractivity contribution < 1.29 is 24.2 Å². The van der Waals surface area contributed by atoms with Gasteiger partial charge in [0, 0.05) is 6.54 Å². The molecule has 0 aliphatic carbocycles. The zero-order valence-electron chi connectivity index (χ0n) is 13.0. The molecule has 1 aliphatic rings. The van der Waals surface area contributed by atoms with Crippen LogP contribution in [0.4, 0.5) is 14.9 Å². The second kappa shape index (κ2) is 5.63. The Bertz CT molecular complexity index is 818. The van der Waals surface area contributed by atoms with Crippen LogP contribution in [0.3, 0.4) is 0 Å². The summed E-state index contributed by atoms with van der Waals surface area (Å²) in [5, 5.41) is 18.9. The van der Waals surface area contributed by atoms with Gasteiger partial charge in [-0.25, -0.2) is 9.18 Å². The van der Waals surface area contributed by atoms with Gasteiger partial charge in [-0.2, -0.15) is 0 Å². The molecule has 0 radical (unpaired) electrons. The number of rotatable bonds is 3. The molecular formula is C18H16FNO4.